The van der Waals surface area contributed by atoms with Crippen molar-refractivity contribution in [3.63, 3.8) is 0 Å². The Bertz CT molecular complexity index is 1550. The summed E-state index contributed by atoms with van der Waals surface area (Å²) in [5, 5.41) is 30.5. The number of benzene rings is 3. The minimum absolute atomic E-state index is 0.00638. The number of aromatic nitrogens is 2. The molecular weight excluding hydrogens is 458 g/mol. The van der Waals surface area contributed by atoms with Gasteiger partial charge >= 0.3 is 5.97 Å². The van der Waals surface area contributed by atoms with Crippen LogP contribution in [0.15, 0.2) is 75.7 Å². The molecule has 0 aliphatic rings. The first-order chi connectivity index (χ1) is 16.7. The smallest absolute Gasteiger partial charge is 0.335 e. The van der Waals surface area contributed by atoms with E-state index in [1.54, 1.807) is 25.1 Å². The number of carbonyl (C=O) groups is 1. The van der Waals surface area contributed by atoms with Gasteiger partial charge in [-0.25, -0.2) is 18.3 Å². The Hall–Kier alpha value is -4.86. The van der Waals surface area contributed by atoms with E-state index in [0.29, 0.717) is 11.4 Å². The van der Waals surface area contributed by atoms with Crippen molar-refractivity contribution >= 4 is 29.5 Å². The Kier molecular flexibility index (Phi) is 6.36. The van der Waals surface area contributed by atoms with E-state index >= 15 is 0 Å². The average Bonchev–Trinajstić information content (AvgIpc) is 3.12. The molecule has 8 nitrogen and oxygen atoms in total. The van der Waals surface area contributed by atoms with Crippen LogP contribution >= 0.6 is 0 Å². The number of rotatable bonds is 6. The van der Waals surface area contributed by atoms with E-state index in [4.69, 9.17) is 0 Å². The van der Waals surface area contributed by atoms with Crippen LogP contribution in [0, 0.1) is 18.6 Å². The first-order valence-electron chi connectivity index (χ1n) is 10.3. The molecule has 0 unspecified atom stereocenters. The molecule has 0 aliphatic carbocycles. The number of aromatic hydroxyl groups is 1. The highest BCUT2D eigenvalue weighted by Crippen LogP contribution is 2.33. The van der Waals surface area contributed by atoms with Gasteiger partial charge in [0.05, 0.1) is 16.9 Å². The molecule has 0 amide bonds. The quantitative estimate of drug-likeness (QED) is 0.243. The number of hydrogen-bond acceptors (Lipinski definition) is 5. The van der Waals surface area contributed by atoms with Crippen LogP contribution in [-0.4, -0.2) is 26.0 Å². The highest BCUT2D eigenvalue weighted by atomic mass is 19.1. The van der Waals surface area contributed by atoms with Crippen molar-refractivity contribution in [1.29, 1.82) is 0 Å². The molecular formula is C25H18F2N4O4. The van der Waals surface area contributed by atoms with Gasteiger partial charge in [0, 0.05) is 11.1 Å². The highest BCUT2D eigenvalue weighted by Gasteiger charge is 2.14. The van der Waals surface area contributed by atoms with E-state index in [2.05, 4.69) is 15.3 Å². The summed E-state index contributed by atoms with van der Waals surface area (Å²) in [6, 6.07) is 13.4. The van der Waals surface area contributed by atoms with Crippen LogP contribution in [0.2, 0.25) is 0 Å². The second kappa shape index (κ2) is 9.56. The number of hydrogen-bond donors (Lipinski definition) is 3. The predicted octanol–water partition coefficient (Wildman–Crippen LogP) is 5.74. The largest absolute Gasteiger partial charge is 0.505 e. The molecule has 0 saturated carbocycles. The molecule has 3 N–H and O–H groups in total. The summed E-state index contributed by atoms with van der Waals surface area (Å²) in [7, 11) is 0. The average molecular weight is 476 g/mol. The van der Waals surface area contributed by atoms with Gasteiger partial charge in [0.2, 0.25) is 0 Å². The molecule has 0 fully saturated rings. The van der Waals surface area contributed by atoms with Crippen molar-refractivity contribution in [2.24, 2.45) is 10.2 Å². The van der Waals surface area contributed by atoms with E-state index in [1.165, 1.54) is 36.4 Å². The van der Waals surface area contributed by atoms with E-state index in [0.717, 1.165) is 22.9 Å². The van der Waals surface area contributed by atoms with Crippen molar-refractivity contribution in [1.82, 2.24) is 9.78 Å². The third-order valence-electron chi connectivity index (χ3n) is 5.10. The maximum atomic E-state index is 13.8. The third-order valence-corrected chi connectivity index (χ3v) is 5.10. The number of azo groups is 1. The fourth-order valence-corrected chi connectivity index (χ4v) is 3.30. The Morgan fingerprint density at radius 1 is 1.00 bits per heavy atom. The standard InChI is InChI=1S/C25H18F2N4O4/c1-14-22(24(33)31(30-14)19-6-2-5-17(13-19)25(34)35)29-28-21-7-3-4-15(23(21)32)8-9-16-12-18(26)10-11-20(16)27/h2-13,30,32H,1H3,(H,34,35)/b9-8+,29-28?. The summed E-state index contributed by atoms with van der Waals surface area (Å²) in [4.78, 5) is 24.1. The lowest BCUT2D eigenvalue weighted by atomic mass is 10.1. The summed E-state index contributed by atoms with van der Waals surface area (Å²) in [6.45, 7) is 1.60. The molecule has 10 heteroatoms. The third kappa shape index (κ3) is 4.91. The van der Waals surface area contributed by atoms with E-state index in [-0.39, 0.29) is 33.8 Å². The zero-order valence-corrected chi connectivity index (χ0v) is 18.2. The second-order valence-corrected chi connectivity index (χ2v) is 7.50. The Morgan fingerprint density at radius 3 is 2.51 bits per heavy atom. The summed E-state index contributed by atoms with van der Waals surface area (Å²) in [6.07, 6.45) is 2.71. The van der Waals surface area contributed by atoms with Crippen LogP contribution in [0.4, 0.5) is 20.2 Å². The number of carboxylic acids is 1. The van der Waals surface area contributed by atoms with Gasteiger partial charge in [-0.3, -0.25) is 9.89 Å². The number of phenols is 1. The minimum atomic E-state index is -1.13. The van der Waals surface area contributed by atoms with Gasteiger partial charge in [-0.2, -0.15) is 0 Å². The molecule has 0 radical (unpaired) electrons. The number of nitrogens with zero attached hydrogens (tertiary/aromatic N) is 3. The first-order valence-corrected chi connectivity index (χ1v) is 10.3. The minimum Gasteiger partial charge on any atom is -0.505 e. The zero-order chi connectivity index (χ0) is 25.1. The summed E-state index contributed by atoms with van der Waals surface area (Å²) >= 11 is 0. The monoisotopic (exact) mass is 476 g/mol. The number of carboxylic acid groups (broad SMARTS) is 1. The molecule has 0 spiro atoms. The maximum Gasteiger partial charge on any atom is 0.335 e. The zero-order valence-electron chi connectivity index (χ0n) is 18.2. The summed E-state index contributed by atoms with van der Waals surface area (Å²) in [5.41, 5.74) is 0.421. The van der Waals surface area contributed by atoms with Crippen LogP contribution in [0.25, 0.3) is 17.8 Å². The van der Waals surface area contributed by atoms with Crippen molar-refractivity contribution < 1.29 is 23.8 Å². The Morgan fingerprint density at radius 2 is 1.74 bits per heavy atom. The number of aromatic amines is 1. The topological polar surface area (TPSA) is 120 Å². The molecule has 0 atom stereocenters. The van der Waals surface area contributed by atoms with E-state index in [9.17, 15) is 28.6 Å². The van der Waals surface area contributed by atoms with Crippen LogP contribution < -0.4 is 5.56 Å². The molecule has 0 saturated heterocycles. The van der Waals surface area contributed by atoms with Crippen LogP contribution in [0.3, 0.4) is 0 Å². The number of aromatic carboxylic acids is 1. The fraction of sp³-hybridized carbons (Fsp3) is 0.0400. The number of halogens is 2. The predicted molar refractivity (Wildman–Crippen MR) is 126 cm³/mol. The number of phenolic OH excluding ortho intramolecular Hbond substituents is 1. The van der Waals surface area contributed by atoms with Crippen LogP contribution in [-0.2, 0) is 0 Å². The fourth-order valence-electron chi connectivity index (χ4n) is 3.30. The van der Waals surface area contributed by atoms with Crippen molar-refractivity contribution in [3.8, 4) is 11.4 Å². The van der Waals surface area contributed by atoms with Gasteiger partial charge in [-0.15, -0.1) is 10.2 Å². The lowest BCUT2D eigenvalue weighted by molar-refractivity contribution is 0.0697. The van der Waals surface area contributed by atoms with Crippen molar-refractivity contribution in [2.75, 3.05) is 0 Å². The molecule has 4 aromatic rings. The van der Waals surface area contributed by atoms with Crippen LogP contribution in [0.5, 0.6) is 5.75 Å². The first kappa shape index (κ1) is 23.3. The molecule has 4 rings (SSSR count). The summed E-state index contributed by atoms with van der Waals surface area (Å²) < 4.78 is 28.4. The van der Waals surface area contributed by atoms with E-state index < -0.39 is 23.2 Å². The van der Waals surface area contributed by atoms with Crippen LogP contribution in [0.1, 0.15) is 27.2 Å². The van der Waals surface area contributed by atoms with Crippen molar-refractivity contribution in [3.05, 3.63) is 105 Å². The lowest BCUT2D eigenvalue weighted by Crippen LogP contribution is -2.14. The number of aryl methyl sites for hydroxylation is 1. The van der Waals surface area contributed by atoms with Gasteiger partial charge in [-0.1, -0.05) is 30.4 Å². The molecule has 0 bridgehead atoms. The van der Waals surface area contributed by atoms with E-state index in [1.807, 2.05) is 0 Å². The van der Waals surface area contributed by atoms with Gasteiger partial charge in [0.15, 0.2) is 5.69 Å². The molecule has 176 valence electrons. The SMILES string of the molecule is Cc1[nH]n(-c2cccc(C(=O)O)c2)c(=O)c1N=Nc1cccc(/C=C/c2cc(F)ccc2F)c1O. The molecule has 1 aromatic heterocycles. The highest BCUT2D eigenvalue weighted by molar-refractivity contribution is 5.88. The second-order valence-electron chi connectivity index (χ2n) is 7.50. The van der Waals surface area contributed by atoms with Gasteiger partial charge < -0.3 is 10.2 Å². The van der Waals surface area contributed by atoms with Gasteiger partial charge in [0.1, 0.15) is 23.1 Å². The Labute approximate surface area is 197 Å². The lowest BCUT2D eigenvalue weighted by Gasteiger charge is -2.03. The molecule has 35 heavy (non-hydrogen) atoms. The van der Waals surface area contributed by atoms with Gasteiger partial charge in [0.25, 0.3) is 5.56 Å². The van der Waals surface area contributed by atoms with Gasteiger partial charge in [-0.05, 0) is 49.4 Å². The maximum absolute atomic E-state index is 13.8. The molecule has 1 heterocycles. The Balaban J connectivity index is 1.64. The number of H-pyrrole nitrogens is 1. The normalized spacial score (nSPS) is 11.5. The molecule has 0 aliphatic heterocycles. The molecule has 3 aromatic carbocycles. The summed E-state index contributed by atoms with van der Waals surface area (Å²) in [5.74, 6) is -2.62. The number of para-hydroxylation sites is 1. The van der Waals surface area contributed by atoms with Crippen molar-refractivity contribution in [2.45, 2.75) is 6.92 Å². The number of nitrogens with one attached hydrogen (secondary N) is 1.